The van der Waals surface area contributed by atoms with Crippen LogP contribution in [0.15, 0.2) is 78.9 Å². The molecule has 0 saturated carbocycles. The standard InChI is InChI=1S/C28H28FN3OS/c1-19(2)17-30-27(33)23-15-13-21(14-16-23)18-32(25-12-8-7-11-24(25)29)28-31-26(20(3)34-28)22-9-5-4-6-10-22/h4-16,19H,17-18H2,1-3H3,(H,30,33). The number of para-hydroxylation sites is 1. The molecule has 4 nitrogen and oxygen atoms in total. The Kier molecular flexibility index (Phi) is 7.38. The third kappa shape index (κ3) is 5.51. The largest absolute Gasteiger partial charge is 0.352 e. The molecule has 1 heterocycles. The lowest BCUT2D eigenvalue weighted by molar-refractivity contribution is 0.0949. The molecule has 0 fully saturated rings. The Labute approximate surface area is 204 Å². The number of carbonyl (C=O) groups is 1. The van der Waals surface area contributed by atoms with Gasteiger partial charge in [-0.05, 0) is 42.7 Å². The van der Waals surface area contributed by atoms with E-state index < -0.39 is 0 Å². The third-order valence-electron chi connectivity index (χ3n) is 5.43. The summed E-state index contributed by atoms with van der Waals surface area (Å²) in [4.78, 5) is 20.2. The molecular formula is C28H28FN3OS. The fourth-order valence-electron chi connectivity index (χ4n) is 3.63. The summed E-state index contributed by atoms with van der Waals surface area (Å²) in [6.45, 7) is 7.22. The fraction of sp³-hybridized carbons (Fsp3) is 0.214. The van der Waals surface area contributed by atoms with Crippen molar-refractivity contribution in [2.75, 3.05) is 11.4 Å². The van der Waals surface area contributed by atoms with Crippen LogP contribution in [0.25, 0.3) is 11.3 Å². The van der Waals surface area contributed by atoms with Gasteiger partial charge >= 0.3 is 0 Å². The van der Waals surface area contributed by atoms with Crippen LogP contribution in [0.1, 0.15) is 34.6 Å². The van der Waals surface area contributed by atoms with Gasteiger partial charge < -0.3 is 10.2 Å². The van der Waals surface area contributed by atoms with E-state index in [-0.39, 0.29) is 11.7 Å². The third-order valence-corrected chi connectivity index (χ3v) is 6.43. The first-order chi connectivity index (χ1) is 16.4. The summed E-state index contributed by atoms with van der Waals surface area (Å²) in [7, 11) is 0. The number of anilines is 2. The Hall–Kier alpha value is -3.51. The summed E-state index contributed by atoms with van der Waals surface area (Å²) >= 11 is 1.54. The van der Waals surface area contributed by atoms with E-state index in [9.17, 15) is 9.18 Å². The summed E-state index contributed by atoms with van der Waals surface area (Å²) in [5.41, 5.74) is 3.97. The van der Waals surface area contributed by atoms with E-state index in [4.69, 9.17) is 4.98 Å². The second kappa shape index (κ2) is 10.6. The van der Waals surface area contributed by atoms with E-state index in [1.165, 1.54) is 6.07 Å². The minimum atomic E-state index is -0.304. The second-order valence-corrected chi connectivity index (χ2v) is 9.79. The number of nitrogens with zero attached hydrogens (tertiary/aromatic N) is 2. The van der Waals surface area contributed by atoms with Gasteiger partial charge in [0.25, 0.3) is 5.91 Å². The van der Waals surface area contributed by atoms with E-state index in [0.717, 1.165) is 26.8 Å². The second-order valence-electron chi connectivity index (χ2n) is 8.61. The van der Waals surface area contributed by atoms with Crippen molar-refractivity contribution in [2.45, 2.75) is 27.3 Å². The van der Waals surface area contributed by atoms with Crippen molar-refractivity contribution in [3.05, 3.63) is 101 Å². The number of hydrogen-bond acceptors (Lipinski definition) is 4. The normalized spacial score (nSPS) is 11.0. The number of rotatable bonds is 8. The first-order valence-corrected chi connectivity index (χ1v) is 12.2. The van der Waals surface area contributed by atoms with Crippen LogP contribution < -0.4 is 10.2 Å². The maximum Gasteiger partial charge on any atom is 0.251 e. The molecule has 0 spiro atoms. The lowest BCUT2D eigenvalue weighted by Gasteiger charge is -2.23. The number of aryl methyl sites for hydroxylation is 1. The summed E-state index contributed by atoms with van der Waals surface area (Å²) < 4.78 is 14.9. The number of aromatic nitrogens is 1. The quantitative estimate of drug-likeness (QED) is 0.300. The minimum Gasteiger partial charge on any atom is -0.352 e. The minimum absolute atomic E-state index is 0.0886. The molecule has 6 heteroatoms. The Morgan fingerprint density at radius 3 is 2.35 bits per heavy atom. The molecule has 0 unspecified atom stereocenters. The molecule has 0 aliphatic heterocycles. The molecule has 1 amide bonds. The molecule has 0 radical (unpaired) electrons. The van der Waals surface area contributed by atoms with Crippen LogP contribution in [-0.4, -0.2) is 17.4 Å². The summed E-state index contributed by atoms with van der Waals surface area (Å²) in [5, 5.41) is 3.66. The van der Waals surface area contributed by atoms with E-state index in [0.29, 0.717) is 30.3 Å². The van der Waals surface area contributed by atoms with Crippen molar-refractivity contribution in [3.8, 4) is 11.3 Å². The lowest BCUT2D eigenvalue weighted by Crippen LogP contribution is -2.27. The van der Waals surface area contributed by atoms with Gasteiger partial charge in [0, 0.05) is 22.5 Å². The number of amides is 1. The van der Waals surface area contributed by atoms with Gasteiger partial charge in [-0.1, -0.05) is 68.4 Å². The van der Waals surface area contributed by atoms with Crippen LogP contribution in [0, 0.1) is 18.7 Å². The molecule has 1 aromatic heterocycles. The molecule has 0 atom stereocenters. The van der Waals surface area contributed by atoms with Gasteiger partial charge in [0.2, 0.25) is 0 Å². The number of nitrogens with one attached hydrogen (secondary N) is 1. The van der Waals surface area contributed by atoms with E-state index in [1.54, 1.807) is 23.5 Å². The zero-order valence-electron chi connectivity index (χ0n) is 19.6. The van der Waals surface area contributed by atoms with Crippen LogP contribution in [0.2, 0.25) is 0 Å². The first kappa shape index (κ1) is 23.6. The highest BCUT2D eigenvalue weighted by atomic mass is 32.1. The molecule has 1 N–H and O–H groups in total. The molecule has 4 rings (SSSR count). The molecule has 174 valence electrons. The monoisotopic (exact) mass is 473 g/mol. The van der Waals surface area contributed by atoms with Crippen molar-refractivity contribution in [2.24, 2.45) is 5.92 Å². The maximum atomic E-state index is 14.9. The van der Waals surface area contributed by atoms with E-state index in [2.05, 4.69) is 19.2 Å². The van der Waals surface area contributed by atoms with Crippen molar-refractivity contribution >= 4 is 28.1 Å². The topological polar surface area (TPSA) is 45.2 Å². The Balaban J connectivity index is 1.64. The average Bonchev–Trinajstić information content (AvgIpc) is 3.23. The Morgan fingerprint density at radius 1 is 1.00 bits per heavy atom. The molecule has 0 saturated heterocycles. The fourth-order valence-corrected chi connectivity index (χ4v) is 4.58. The highest BCUT2D eigenvalue weighted by Gasteiger charge is 2.20. The first-order valence-electron chi connectivity index (χ1n) is 11.3. The van der Waals surface area contributed by atoms with Crippen LogP contribution in [0.5, 0.6) is 0 Å². The van der Waals surface area contributed by atoms with Crippen molar-refractivity contribution in [1.82, 2.24) is 10.3 Å². The summed E-state index contributed by atoms with van der Waals surface area (Å²) in [5.74, 6) is -0.00404. The zero-order chi connectivity index (χ0) is 24.1. The Morgan fingerprint density at radius 2 is 1.68 bits per heavy atom. The lowest BCUT2D eigenvalue weighted by atomic mass is 10.1. The molecule has 0 bridgehead atoms. The van der Waals surface area contributed by atoms with Crippen LogP contribution in [0.3, 0.4) is 0 Å². The van der Waals surface area contributed by atoms with Crippen LogP contribution in [-0.2, 0) is 6.54 Å². The van der Waals surface area contributed by atoms with Gasteiger partial charge in [-0.15, -0.1) is 11.3 Å². The Bertz CT molecular complexity index is 1250. The maximum absolute atomic E-state index is 14.9. The number of halogens is 1. The van der Waals surface area contributed by atoms with Gasteiger partial charge in [0.15, 0.2) is 5.13 Å². The SMILES string of the molecule is Cc1sc(N(Cc2ccc(C(=O)NCC(C)C)cc2)c2ccccc2F)nc1-c1ccccc1. The van der Waals surface area contributed by atoms with Crippen LogP contribution >= 0.6 is 11.3 Å². The molecular weight excluding hydrogens is 445 g/mol. The van der Waals surface area contributed by atoms with E-state index >= 15 is 0 Å². The average molecular weight is 474 g/mol. The van der Waals surface area contributed by atoms with Crippen LogP contribution in [0.4, 0.5) is 15.2 Å². The van der Waals surface area contributed by atoms with Gasteiger partial charge in [-0.2, -0.15) is 0 Å². The van der Waals surface area contributed by atoms with Crippen molar-refractivity contribution in [3.63, 3.8) is 0 Å². The number of hydrogen-bond donors (Lipinski definition) is 1. The predicted octanol–water partition coefficient (Wildman–Crippen LogP) is 6.98. The van der Waals surface area contributed by atoms with Crippen molar-refractivity contribution in [1.29, 1.82) is 0 Å². The zero-order valence-corrected chi connectivity index (χ0v) is 20.4. The number of benzene rings is 3. The molecule has 4 aromatic rings. The summed E-state index contributed by atoms with van der Waals surface area (Å²) in [6.07, 6.45) is 0. The van der Waals surface area contributed by atoms with Gasteiger partial charge in [0.05, 0.1) is 17.9 Å². The summed E-state index contributed by atoms with van der Waals surface area (Å²) in [6, 6.07) is 24.2. The highest BCUT2D eigenvalue weighted by molar-refractivity contribution is 7.16. The molecule has 3 aromatic carbocycles. The smallest absolute Gasteiger partial charge is 0.251 e. The van der Waals surface area contributed by atoms with Gasteiger partial charge in [0.1, 0.15) is 5.82 Å². The van der Waals surface area contributed by atoms with Gasteiger partial charge in [-0.3, -0.25) is 4.79 Å². The molecule has 34 heavy (non-hydrogen) atoms. The highest BCUT2D eigenvalue weighted by Crippen LogP contribution is 2.37. The van der Waals surface area contributed by atoms with E-state index in [1.807, 2.05) is 72.5 Å². The van der Waals surface area contributed by atoms with Crippen molar-refractivity contribution < 1.29 is 9.18 Å². The molecule has 0 aliphatic rings. The molecule has 0 aliphatic carbocycles. The predicted molar refractivity (Wildman–Crippen MR) is 138 cm³/mol. The number of carbonyl (C=O) groups excluding carboxylic acids is 1. The number of thiazole rings is 1. The van der Waals surface area contributed by atoms with Gasteiger partial charge in [-0.25, -0.2) is 9.37 Å².